The first-order valence-corrected chi connectivity index (χ1v) is 5.31. The predicted octanol–water partition coefficient (Wildman–Crippen LogP) is 3.99. The average Bonchev–Trinajstić information content (AvgIpc) is 1.99. The molecule has 1 rings (SSSR count). The van der Waals surface area contributed by atoms with Gasteiger partial charge in [-0.1, -0.05) is 15.9 Å². The Morgan fingerprint density at radius 1 is 1.33 bits per heavy atom. The Labute approximate surface area is 96.2 Å². The van der Waals surface area contributed by atoms with Crippen LogP contribution in [0.5, 0.6) is 0 Å². The minimum absolute atomic E-state index is 0.201. The first-order chi connectivity index (χ1) is 6.78. The molecule has 15 heavy (non-hydrogen) atoms. The molecule has 0 aliphatic heterocycles. The van der Waals surface area contributed by atoms with Crippen molar-refractivity contribution in [1.29, 1.82) is 0 Å². The van der Waals surface area contributed by atoms with Crippen LogP contribution in [0.4, 0.5) is 14.6 Å². The van der Waals surface area contributed by atoms with E-state index in [1.54, 1.807) is 6.07 Å². The zero-order valence-electron chi connectivity index (χ0n) is 8.81. The maximum absolute atomic E-state index is 12.4. The number of hydrogen-bond donors (Lipinski definition) is 1. The highest BCUT2D eigenvalue weighted by atomic mass is 79.9. The predicted molar refractivity (Wildman–Crippen MR) is 60.3 cm³/mol. The summed E-state index contributed by atoms with van der Waals surface area (Å²) in [5, 5.41) is 3.04. The standard InChI is InChI=1S/C10H13BrF2N2/c1-10(2,3)15-8-5-6(11)4-7(14-8)9(12)13/h4-5,9H,1-3H3,(H,14,15). The Morgan fingerprint density at radius 3 is 2.40 bits per heavy atom. The highest BCUT2D eigenvalue weighted by Crippen LogP contribution is 2.24. The summed E-state index contributed by atoms with van der Waals surface area (Å²) in [4.78, 5) is 3.83. The number of halogens is 3. The van der Waals surface area contributed by atoms with Gasteiger partial charge >= 0.3 is 0 Å². The molecule has 0 saturated carbocycles. The molecule has 2 nitrogen and oxygen atoms in total. The molecule has 0 saturated heterocycles. The van der Waals surface area contributed by atoms with Crippen LogP contribution in [-0.4, -0.2) is 10.5 Å². The molecule has 0 amide bonds. The van der Waals surface area contributed by atoms with Crippen molar-refractivity contribution in [3.05, 3.63) is 22.3 Å². The summed E-state index contributed by atoms with van der Waals surface area (Å²) in [6.07, 6.45) is -2.55. The molecule has 0 aliphatic rings. The first-order valence-electron chi connectivity index (χ1n) is 4.52. The Balaban J connectivity index is 2.99. The van der Waals surface area contributed by atoms with Crippen LogP contribution >= 0.6 is 15.9 Å². The van der Waals surface area contributed by atoms with Crippen LogP contribution in [0.3, 0.4) is 0 Å². The summed E-state index contributed by atoms with van der Waals surface area (Å²) in [7, 11) is 0. The smallest absolute Gasteiger partial charge is 0.280 e. The molecule has 84 valence electrons. The van der Waals surface area contributed by atoms with Gasteiger partial charge in [0.25, 0.3) is 6.43 Å². The summed E-state index contributed by atoms with van der Waals surface area (Å²) >= 11 is 3.18. The fraction of sp³-hybridized carbons (Fsp3) is 0.500. The zero-order chi connectivity index (χ0) is 11.6. The number of rotatable bonds is 2. The molecule has 1 aromatic rings. The summed E-state index contributed by atoms with van der Waals surface area (Å²) in [5.74, 6) is 0.451. The highest BCUT2D eigenvalue weighted by molar-refractivity contribution is 9.10. The third-order valence-corrected chi connectivity index (χ3v) is 1.99. The van der Waals surface area contributed by atoms with Crippen LogP contribution in [-0.2, 0) is 0 Å². The second kappa shape index (κ2) is 4.43. The van der Waals surface area contributed by atoms with Gasteiger partial charge in [-0.05, 0) is 32.9 Å². The van der Waals surface area contributed by atoms with Gasteiger partial charge in [0.1, 0.15) is 11.5 Å². The molecular weight excluding hydrogens is 266 g/mol. The quantitative estimate of drug-likeness (QED) is 0.885. The second-order valence-corrected chi connectivity index (χ2v) is 5.19. The lowest BCUT2D eigenvalue weighted by molar-refractivity contribution is 0.146. The topological polar surface area (TPSA) is 24.9 Å². The van der Waals surface area contributed by atoms with E-state index in [9.17, 15) is 8.78 Å². The number of nitrogens with zero attached hydrogens (tertiary/aromatic N) is 1. The van der Waals surface area contributed by atoms with Crippen LogP contribution in [0.1, 0.15) is 32.9 Å². The summed E-state index contributed by atoms with van der Waals surface area (Å²) in [5.41, 5.74) is -0.427. The van der Waals surface area contributed by atoms with E-state index in [0.29, 0.717) is 10.3 Å². The van der Waals surface area contributed by atoms with E-state index in [1.165, 1.54) is 6.07 Å². The second-order valence-electron chi connectivity index (χ2n) is 4.27. The molecule has 0 bridgehead atoms. The third-order valence-electron chi connectivity index (χ3n) is 1.54. The van der Waals surface area contributed by atoms with Crippen LogP contribution in [0.15, 0.2) is 16.6 Å². The van der Waals surface area contributed by atoms with Gasteiger partial charge in [-0.3, -0.25) is 0 Å². The largest absolute Gasteiger partial charge is 0.365 e. The van der Waals surface area contributed by atoms with Gasteiger partial charge in [0.2, 0.25) is 0 Å². The van der Waals surface area contributed by atoms with Gasteiger partial charge in [-0.15, -0.1) is 0 Å². The van der Waals surface area contributed by atoms with Crippen LogP contribution in [0.25, 0.3) is 0 Å². The minimum atomic E-state index is -2.55. The molecule has 1 heterocycles. The molecule has 1 aromatic heterocycles. The third kappa shape index (κ3) is 4.11. The molecule has 0 atom stereocenters. The average molecular weight is 279 g/mol. The van der Waals surface area contributed by atoms with Crippen molar-refractivity contribution in [3.63, 3.8) is 0 Å². The first kappa shape index (κ1) is 12.4. The number of alkyl halides is 2. The van der Waals surface area contributed by atoms with Crippen molar-refractivity contribution in [2.75, 3.05) is 5.32 Å². The van der Waals surface area contributed by atoms with Crippen molar-refractivity contribution < 1.29 is 8.78 Å². The lowest BCUT2D eigenvalue weighted by atomic mass is 10.1. The molecule has 0 unspecified atom stereocenters. The van der Waals surface area contributed by atoms with Gasteiger partial charge in [0.15, 0.2) is 0 Å². The van der Waals surface area contributed by atoms with E-state index in [2.05, 4.69) is 26.2 Å². The summed E-state index contributed by atoms with van der Waals surface area (Å²) in [6, 6.07) is 3.00. The van der Waals surface area contributed by atoms with Gasteiger partial charge in [-0.2, -0.15) is 0 Å². The number of hydrogen-bond acceptors (Lipinski definition) is 2. The van der Waals surface area contributed by atoms with Gasteiger partial charge in [-0.25, -0.2) is 13.8 Å². The summed E-state index contributed by atoms with van der Waals surface area (Å²) < 4.78 is 25.5. The van der Waals surface area contributed by atoms with E-state index in [4.69, 9.17) is 0 Å². The Bertz CT molecular complexity index is 348. The minimum Gasteiger partial charge on any atom is -0.365 e. The van der Waals surface area contributed by atoms with E-state index in [0.717, 1.165) is 0 Å². The van der Waals surface area contributed by atoms with Crippen molar-refractivity contribution in [1.82, 2.24) is 4.98 Å². The maximum atomic E-state index is 12.4. The van der Waals surface area contributed by atoms with Gasteiger partial charge < -0.3 is 5.32 Å². The number of aromatic nitrogens is 1. The normalized spacial score (nSPS) is 11.9. The molecule has 0 aliphatic carbocycles. The molecule has 0 spiro atoms. The lowest BCUT2D eigenvalue weighted by Crippen LogP contribution is -2.26. The van der Waals surface area contributed by atoms with Crippen LogP contribution in [0, 0.1) is 0 Å². The number of anilines is 1. The Kier molecular flexibility index (Phi) is 3.65. The SMILES string of the molecule is CC(C)(C)Nc1cc(Br)cc(C(F)F)n1. The van der Waals surface area contributed by atoms with E-state index in [1.807, 2.05) is 20.8 Å². The van der Waals surface area contributed by atoms with Crippen molar-refractivity contribution in [2.24, 2.45) is 0 Å². The molecule has 0 fully saturated rings. The Morgan fingerprint density at radius 2 is 1.93 bits per heavy atom. The summed E-state index contributed by atoms with van der Waals surface area (Å²) in [6.45, 7) is 5.83. The van der Waals surface area contributed by atoms with Gasteiger partial charge in [0.05, 0.1) is 0 Å². The highest BCUT2D eigenvalue weighted by Gasteiger charge is 2.14. The monoisotopic (exact) mass is 278 g/mol. The number of nitrogens with one attached hydrogen (secondary N) is 1. The van der Waals surface area contributed by atoms with E-state index < -0.39 is 6.43 Å². The van der Waals surface area contributed by atoms with Crippen molar-refractivity contribution >= 4 is 21.7 Å². The van der Waals surface area contributed by atoms with Crippen molar-refractivity contribution in [2.45, 2.75) is 32.7 Å². The molecular formula is C10H13BrF2N2. The maximum Gasteiger partial charge on any atom is 0.280 e. The zero-order valence-corrected chi connectivity index (χ0v) is 10.4. The van der Waals surface area contributed by atoms with Gasteiger partial charge in [0, 0.05) is 10.0 Å². The van der Waals surface area contributed by atoms with E-state index in [-0.39, 0.29) is 11.2 Å². The van der Waals surface area contributed by atoms with Crippen molar-refractivity contribution in [3.8, 4) is 0 Å². The van der Waals surface area contributed by atoms with Crippen LogP contribution in [0.2, 0.25) is 0 Å². The molecule has 1 N–H and O–H groups in total. The Hall–Kier alpha value is -0.710. The number of pyridine rings is 1. The van der Waals surface area contributed by atoms with Crippen LogP contribution < -0.4 is 5.32 Å². The fourth-order valence-electron chi connectivity index (χ4n) is 1.08. The molecule has 5 heteroatoms. The fourth-order valence-corrected chi connectivity index (χ4v) is 1.53. The lowest BCUT2D eigenvalue weighted by Gasteiger charge is -2.21. The molecule has 0 aromatic carbocycles. The molecule has 0 radical (unpaired) electrons. The van der Waals surface area contributed by atoms with E-state index >= 15 is 0 Å².